The van der Waals surface area contributed by atoms with Crippen molar-refractivity contribution >= 4 is 11.4 Å². The molecule has 1 aliphatic rings. The lowest BCUT2D eigenvalue weighted by atomic mass is 9.84. The van der Waals surface area contributed by atoms with E-state index in [0.717, 1.165) is 29.3 Å². The molecule has 5 heteroatoms. The number of rotatable bonds is 8. The Balaban J connectivity index is 1.62. The Morgan fingerprint density at radius 2 is 1.64 bits per heavy atom. The van der Waals surface area contributed by atoms with Gasteiger partial charge < -0.3 is 19.1 Å². The minimum absolute atomic E-state index is 0.0127. The van der Waals surface area contributed by atoms with Gasteiger partial charge in [0.2, 0.25) is 0 Å². The third-order valence-electron chi connectivity index (χ3n) is 6.10. The molecule has 0 fully saturated rings. The number of ether oxygens (including phenoxy) is 3. The summed E-state index contributed by atoms with van der Waals surface area (Å²) in [7, 11) is 5.63. The highest BCUT2D eigenvalue weighted by Crippen LogP contribution is 2.45. The third-order valence-corrected chi connectivity index (χ3v) is 6.10. The minimum atomic E-state index is 0.0127. The molecule has 33 heavy (non-hydrogen) atoms. The summed E-state index contributed by atoms with van der Waals surface area (Å²) in [5, 5.41) is 0. The minimum Gasteiger partial charge on any atom is -0.475 e. The molecule has 0 amide bonds. The summed E-state index contributed by atoms with van der Waals surface area (Å²) < 4.78 is 16.6. The molecule has 0 saturated heterocycles. The predicted octanol–water partition coefficient (Wildman–Crippen LogP) is 5.95. The van der Waals surface area contributed by atoms with Gasteiger partial charge in [0.25, 0.3) is 0 Å². The van der Waals surface area contributed by atoms with E-state index >= 15 is 0 Å². The number of nitrogens with zero attached hydrogens (tertiary/aromatic N) is 2. The SMILES string of the molecule is C=C1C(c2ccc(OC(C)N(C)C)cc2)Cc2ccccc2N1c1ccc(OCOC)cc1. The normalized spacial score (nSPS) is 16.5. The van der Waals surface area contributed by atoms with Crippen molar-refractivity contribution in [1.82, 2.24) is 4.90 Å². The summed E-state index contributed by atoms with van der Waals surface area (Å²) in [5.41, 5.74) is 5.81. The lowest BCUT2D eigenvalue weighted by molar-refractivity contribution is 0.0511. The molecule has 3 aromatic rings. The number of benzene rings is 3. The number of fused-ring (bicyclic) bond motifs is 1. The molecule has 0 aromatic heterocycles. The zero-order valence-electron chi connectivity index (χ0n) is 19.8. The fourth-order valence-corrected chi connectivity index (χ4v) is 4.06. The van der Waals surface area contributed by atoms with Gasteiger partial charge in [-0.25, -0.2) is 0 Å². The molecular formula is C28H32N2O3. The highest BCUT2D eigenvalue weighted by Gasteiger charge is 2.30. The van der Waals surface area contributed by atoms with Crippen LogP contribution in [0, 0.1) is 0 Å². The van der Waals surface area contributed by atoms with E-state index in [1.165, 1.54) is 16.8 Å². The molecule has 2 atom stereocenters. The van der Waals surface area contributed by atoms with Gasteiger partial charge >= 0.3 is 0 Å². The number of hydrogen-bond acceptors (Lipinski definition) is 5. The molecule has 1 heterocycles. The molecule has 172 valence electrons. The molecule has 3 aromatic carbocycles. The van der Waals surface area contributed by atoms with E-state index < -0.39 is 0 Å². The molecule has 4 rings (SSSR count). The van der Waals surface area contributed by atoms with E-state index in [0.29, 0.717) is 0 Å². The molecule has 0 saturated carbocycles. The van der Waals surface area contributed by atoms with Gasteiger partial charge in [-0.15, -0.1) is 0 Å². The second-order valence-corrected chi connectivity index (χ2v) is 8.51. The van der Waals surface area contributed by atoms with E-state index in [1.54, 1.807) is 7.11 Å². The summed E-state index contributed by atoms with van der Waals surface area (Å²) in [6.45, 7) is 6.80. The van der Waals surface area contributed by atoms with Crippen LogP contribution in [-0.2, 0) is 11.2 Å². The van der Waals surface area contributed by atoms with Gasteiger partial charge in [-0.2, -0.15) is 0 Å². The lowest BCUT2D eigenvalue weighted by Crippen LogP contribution is -2.30. The summed E-state index contributed by atoms with van der Waals surface area (Å²) >= 11 is 0. The average Bonchev–Trinajstić information content (AvgIpc) is 2.83. The van der Waals surface area contributed by atoms with Crippen molar-refractivity contribution < 1.29 is 14.2 Å². The van der Waals surface area contributed by atoms with Gasteiger partial charge in [0, 0.05) is 30.1 Å². The monoisotopic (exact) mass is 444 g/mol. The fourth-order valence-electron chi connectivity index (χ4n) is 4.06. The lowest BCUT2D eigenvalue weighted by Gasteiger charge is -2.38. The quantitative estimate of drug-likeness (QED) is 0.401. The van der Waals surface area contributed by atoms with Gasteiger partial charge in [0.1, 0.15) is 17.7 Å². The Kier molecular flexibility index (Phi) is 7.02. The van der Waals surface area contributed by atoms with Crippen LogP contribution in [0.25, 0.3) is 0 Å². The van der Waals surface area contributed by atoms with Gasteiger partial charge in [0.15, 0.2) is 6.79 Å². The van der Waals surface area contributed by atoms with Crippen LogP contribution in [0.5, 0.6) is 11.5 Å². The summed E-state index contributed by atoms with van der Waals surface area (Å²) in [6, 6.07) is 25.0. The van der Waals surface area contributed by atoms with Crippen molar-refractivity contribution in [3.63, 3.8) is 0 Å². The van der Waals surface area contributed by atoms with Crippen LogP contribution in [0.2, 0.25) is 0 Å². The zero-order valence-corrected chi connectivity index (χ0v) is 19.8. The summed E-state index contributed by atoms with van der Waals surface area (Å²) in [4.78, 5) is 4.29. The van der Waals surface area contributed by atoms with Gasteiger partial charge in [-0.3, -0.25) is 4.90 Å². The maximum Gasteiger partial charge on any atom is 0.188 e. The van der Waals surface area contributed by atoms with Gasteiger partial charge in [-0.05, 0) is 81.0 Å². The number of para-hydroxylation sites is 1. The van der Waals surface area contributed by atoms with Crippen molar-refractivity contribution in [2.75, 3.05) is 32.9 Å². The Labute approximate surface area is 196 Å². The van der Waals surface area contributed by atoms with Crippen LogP contribution in [0.15, 0.2) is 85.1 Å². The second kappa shape index (κ2) is 10.1. The van der Waals surface area contributed by atoms with Crippen molar-refractivity contribution in [3.8, 4) is 11.5 Å². The average molecular weight is 445 g/mol. The van der Waals surface area contributed by atoms with E-state index in [2.05, 4.69) is 72.1 Å². The van der Waals surface area contributed by atoms with Gasteiger partial charge in [0.05, 0.1) is 0 Å². The molecule has 0 bridgehead atoms. The molecule has 0 spiro atoms. The highest BCUT2D eigenvalue weighted by atomic mass is 16.7. The maximum absolute atomic E-state index is 6.00. The van der Waals surface area contributed by atoms with Crippen LogP contribution < -0.4 is 14.4 Å². The number of methoxy groups -OCH3 is 1. The summed E-state index contributed by atoms with van der Waals surface area (Å²) in [5.74, 6) is 1.81. The Morgan fingerprint density at radius 1 is 0.970 bits per heavy atom. The third kappa shape index (κ3) is 5.05. The van der Waals surface area contributed by atoms with Crippen LogP contribution >= 0.6 is 0 Å². The maximum atomic E-state index is 6.00. The summed E-state index contributed by atoms with van der Waals surface area (Å²) in [6.07, 6.45) is 0.924. The van der Waals surface area contributed by atoms with Crippen molar-refractivity contribution in [1.29, 1.82) is 0 Å². The molecule has 0 N–H and O–H groups in total. The largest absolute Gasteiger partial charge is 0.475 e. The highest BCUT2D eigenvalue weighted by molar-refractivity contribution is 5.74. The zero-order chi connectivity index (χ0) is 23.4. The Bertz CT molecular complexity index is 1080. The van der Waals surface area contributed by atoms with Crippen molar-refractivity contribution in [3.05, 3.63) is 96.2 Å². The number of anilines is 2. The second-order valence-electron chi connectivity index (χ2n) is 8.51. The van der Waals surface area contributed by atoms with Gasteiger partial charge in [-0.1, -0.05) is 36.9 Å². The van der Waals surface area contributed by atoms with E-state index in [1.807, 2.05) is 38.1 Å². The first-order chi connectivity index (χ1) is 16.0. The first kappa shape index (κ1) is 22.9. The molecule has 2 unspecified atom stereocenters. The van der Waals surface area contributed by atoms with Crippen LogP contribution in [0.4, 0.5) is 11.4 Å². The van der Waals surface area contributed by atoms with E-state index in [4.69, 9.17) is 14.2 Å². The predicted molar refractivity (Wildman–Crippen MR) is 133 cm³/mol. The molecule has 0 aliphatic carbocycles. The standard InChI is InChI=1S/C28H32N2O3/c1-20-27(22-10-14-26(15-11-22)33-21(2)29(3)4)18-23-8-6-7-9-28(23)30(20)24-12-16-25(17-13-24)32-19-31-5/h6-17,21,27H,1,18-19H2,2-5H3. The van der Waals surface area contributed by atoms with Crippen molar-refractivity contribution in [2.24, 2.45) is 0 Å². The fraction of sp³-hybridized carbons (Fsp3) is 0.286. The molecule has 5 nitrogen and oxygen atoms in total. The molecular weight excluding hydrogens is 412 g/mol. The first-order valence-corrected chi connectivity index (χ1v) is 11.2. The Morgan fingerprint density at radius 3 is 2.30 bits per heavy atom. The smallest absolute Gasteiger partial charge is 0.188 e. The van der Waals surface area contributed by atoms with E-state index in [-0.39, 0.29) is 18.9 Å². The topological polar surface area (TPSA) is 34.2 Å². The Hall–Kier alpha value is -3.28. The molecule has 1 aliphatic heterocycles. The van der Waals surface area contributed by atoms with Crippen LogP contribution in [-0.4, -0.2) is 39.1 Å². The van der Waals surface area contributed by atoms with Crippen molar-refractivity contribution in [2.45, 2.75) is 25.5 Å². The van der Waals surface area contributed by atoms with E-state index in [9.17, 15) is 0 Å². The molecule has 0 radical (unpaired) electrons. The number of allylic oxidation sites excluding steroid dienone is 1. The first-order valence-electron chi connectivity index (χ1n) is 11.2. The number of hydrogen-bond donors (Lipinski definition) is 0. The van der Waals surface area contributed by atoms with Crippen LogP contribution in [0.3, 0.4) is 0 Å². The van der Waals surface area contributed by atoms with Crippen LogP contribution in [0.1, 0.15) is 24.0 Å².